The molecule has 0 aromatic rings. The summed E-state index contributed by atoms with van der Waals surface area (Å²) in [7, 11) is 0. The number of Topliss-reactive ketones (excluding diaryl/α,β-unsaturated/α-hetero) is 1. The number of unbranched alkanes of at least 4 members (excludes halogenated alkanes) is 1. The number of alkyl carbamates (subject to hydrolysis) is 1. The molecule has 0 heterocycles. The van der Waals surface area contributed by atoms with E-state index in [1.807, 2.05) is 6.92 Å². The van der Waals surface area contributed by atoms with Crippen LogP contribution in [0.25, 0.3) is 0 Å². The zero-order valence-corrected chi connectivity index (χ0v) is 9.49. The van der Waals surface area contributed by atoms with Crippen molar-refractivity contribution in [3.8, 4) is 0 Å². The van der Waals surface area contributed by atoms with E-state index in [0.717, 1.165) is 12.8 Å². The van der Waals surface area contributed by atoms with Crippen molar-refractivity contribution in [2.45, 2.75) is 39.2 Å². The molecule has 6 nitrogen and oxygen atoms in total. The number of rotatable bonds is 7. The molecule has 0 bridgehead atoms. The maximum absolute atomic E-state index is 11.1. The molecule has 1 atom stereocenters. The minimum atomic E-state index is -1.25. The molecule has 0 fully saturated rings. The highest BCUT2D eigenvalue weighted by Gasteiger charge is 2.21. The fourth-order valence-corrected chi connectivity index (χ4v) is 0.981. The number of carboxylic acid groups (broad SMARTS) is 1. The van der Waals surface area contributed by atoms with Gasteiger partial charge in [0.1, 0.15) is 11.8 Å². The van der Waals surface area contributed by atoms with Crippen molar-refractivity contribution in [3.05, 3.63) is 0 Å². The summed E-state index contributed by atoms with van der Waals surface area (Å²) in [5, 5.41) is 10.8. The molecule has 1 unspecified atom stereocenters. The Labute approximate surface area is 94.0 Å². The molecule has 0 aliphatic heterocycles. The molecule has 0 spiro atoms. The van der Waals surface area contributed by atoms with Crippen molar-refractivity contribution in [2.24, 2.45) is 0 Å². The van der Waals surface area contributed by atoms with Gasteiger partial charge in [0.2, 0.25) is 0 Å². The molecule has 0 aliphatic rings. The predicted molar refractivity (Wildman–Crippen MR) is 56.1 cm³/mol. The zero-order chi connectivity index (χ0) is 12.6. The third-order valence-corrected chi connectivity index (χ3v) is 1.81. The number of carboxylic acids is 1. The Morgan fingerprint density at radius 1 is 1.38 bits per heavy atom. The predicted octanol–water partition coefficient (Wildman–Crippen LogP) is 0.945. The van der Waals surface area contributed by atoms with E-state index in [1.165, 1.54) is 6.92 Å². The van der Waals surface area contributed by atoms with Crippen LogP contribution < -0.4 is 5.32 Å². The molecule has 0 saturated carbocycles. The van der Waals surface area contributed by atoms with Crippen molar-refractivity contribution in [1.82, 2.24) is 5.32 Å². The molecule has 1 amide bonds. The molecule has 0 aliphatic carbocycles. The van der Waals surface area contributed by atoms with Gasteiger partial charge in [-0.15, -0.1) is 0 Å². The van der Waals surface area contributed by atoms with Crippen LogP contribution >= 0.6 is 0 Å². The van der Waals surface area contributed by atoms with E-state index in [-0.39, 0.29) is 18.8 Å². The number of aliphatic carboxylic acids is 1. The summed E-state index contributed by atoms with van der Waals surface area (Å²) in [6.07, 6.45) is 0.557. The second-order valence-electron chi connectivity index (χ2n) is 3.43. The number of hydrogen-bond donors (Lipinski definition) is 2. The fourth-order valence-electron chi connectivity index (χ4n) is 0.981. The molecule has 16 heavy (non-hydrogen) atoms. The van der Waals surface area contributed by atoms with Gasteiger partial charge in [-0.3, -0.25) is 4.79 Å². The highest BCUT2D eigenvalue weighted by atomic mass is 16.5. The monoisotopic (exact) mass is 231 g/mol. The highest BCUT2D eigenvalue weighted by Crippen LogP contribution is 1.96. The van der Waals surface area contributed by atoms with E-state index >= 15 is 0 Å². The summed E-state index contributed by atoms with van der Waals surface area (Å²) < 4.78 is 4.72. The number of amides is 1. The summed E-state index contributed by atoms with van der Waals surface area (Å²) in [5.41, 5.74) is 0. The topological polar surface area (TPSA) is 92.7 Å². The van der Waals surface area contributed by atoms with E-state index in [4.69, 9.17) is 9.84 Å². The number of ether oxygens (including phenoxy) is 1. The molecule has 0 rings (SSSR count). The first-order chi connectivity index (χ1) is 7.47. The van der Waals surface area contributed by atoms with Crippen LogP contribution in [0.1, 0.15) is 33.1 Å². The van der Waals surface area contributed by atoms with E-state index in [1.54, 1.807) is 0 Å². The van der Waals surface area contributed by atoms with Crippen LogP contribution in [0.15, 0.2) is 0 Å². The molecule has 0 saturated heterocycles. The molecule has 0 radical (unpaired) electrons. The zero-order valence-electron chi connectivity index (χ0n) is 9.49. The number of carbonyl (C=O) groups is 3. The second-order valence-corrected chi connectivity index (χ2v) is 3.43. The van der Waals surface area contributed by atoms with E-state index in [9.17, 15) is 14.4 Å². The summed E-state index contributed by atoms with van der Waals surface area (Å²) in [5.74, 6) is -1.55. The fraction of sp³-hybridized carbons (Fsp3) is 0.700. The van der Waals surface area contributed by atoms with Crippen molar-refractivity contribution >= 4 is 17.8 Å². The van der Waals surface area contributed by atoms with Crippen LogP contribution in [0.3, 0.4) is 0 Å². The first-order valence-corrected chi connectivity index (χ1v) is 5.13. The van der Waals surface area contributed by atoms with E-state index in [0.29, 0.717) is 0 Å². The minimum Gasteiger partial charge on any atom is -0.480 e. The van der Waals surface area contributed by atoms with Crippen molar-refractivity contribution in [1.29, 1.82) is 0 Å². The molecule has 0 aromatic carbocycles. The summed E-state index contributed by atoms with van der Waals surface area (Å²) in [6.45, 7) is 3.45. The maximum atomic E-state index is 11.1. The lowest BCUT2D eigenvalue weighted by molar-refractivity contribution is -0.141. The van der Waals surface area contributed by atoms with Gasteiger partial charge in [-0.25, -0.2) is 9.59 Å². The lowest BCUT2D eigenvalue weighted by Crippen LogP contribution is -2.42. The van der Waals surface area contributed by atoms with Crippen molar-refractivity contribution < 1.29 is 24.2 Å². The van der Waals surface area contributed by atoms with Gasteiger partial charge >= 0.3 is 12.1 Å². The lowest BCUT2D eigenvalue weighted by atomic mass is 10.1. The smallest absolute Gasteiger partial charge is 0.407 e. The van der Waals surface area contributed by atoms with Gasteiger partial charge in [-0.2, -0.15) is 0 Å². The number of nitrogens with one attached hydrogen (secondary N) is 1. The molecule has 92 valence electrons. The van der Waals surface area contributed by atoms with Crippen LogP contribution in [0, 0.1) is 0 Å². The van der Waals surface area contributed by atoms with Crippen LogP contribution in [0.4, 0.5) is 4.79 Å². The summed E-state index contributed by atoms with van der Waals surface area (Å²) in [6, 6.07) is -1.22. The van der Waals surface area contributed by atoms with Gasteiger partial charge in [0.15, 0.2) is 0 Å². The van der Waals surface area contributed by atoms with Gasteiger partial charge in [0, 0.05) is 6.42 Å². The number of ketones is 1. The first kappa shape index (κ1) is 14.4. The highest BCUT2D eigenvalue weighted by molar-refractivity contribution is 5.86. The van der Waals surface area contributed by atoms with Crippen LogP contribution in [-0.2, 0) is 14.3 Å². The minimum absolute atomic E-state index is 0.238. The van der Waals surface area contributed by atoms with E-state index < -0.39 is 18.1 Å². The van der Waals surface area contributed by atoms with Crippen molar-refractivity contribution in [3.63, 3.8) is 0 Å². The van der Waals surface area contributed by atoms with Gasteiger partial charge in [0.25, 0.3) is 0 Å². The van der Waals surface area contributed by atoms with Gasteiger partial charge in [0.05, 0.1) is 6.61 Å². The summed E-state index contributed by atoms with van der Waals surface area (Å²) in [4.78, 5) is 32.5. The Kier molecular flexibility index (Phi) is 6.91. The average Bonchev–Trinajstić information content (AvgIpc) is 2.16. The third-order valence-electron chi connectivity index (χ3n) is 1.81. The molecular weight excluding hydrogens is 214 g/mol. The molecule has 6 heteroatoms. The quantitative estimate of drug-likeness (QED) is 0.636. The number of carbonyl (C=O) groups excluding carboxylic acids is 2. The normalized spacial score (nSPS) is 11.6. The van der Waals surface area contributed by atoms with Crippen LogP contribution in [0.2, 0.25) is 0 Å². The standard InChI is InChI=1S/C10H17NO5/c1-3-4-5-16-10(15)11-8(9(13)14)6-7(2)12/h8H,3-6H2,1-2H3,(H,11,15)(H,13,14). The van der Waals surface area contributed by atoms with Gasteiger partial charge < -0.3 is 15.2 Å². The maximum Gasteiger partial charge on any atom is 0.407 e. The second kappa shape index (κ2) is 7.67. The van der Waals surface area contributed by atoms with Crippen molar-refractivity contribution in [2.75, 3.05) is 6.61 Å². The van der Waals surface area contributed by atoms with Crippen LogP contribution in [0.5, 0.6) is 0 Å². The molecular formula is C10H17NO5. The number of hydrogen-bond acceptors (Lipinski definition) is 4. The SMILES string of the molecule is CCCCOC(=O)NC(CC(C)=O)C(=O)O. The average molecular weight is 231 g/mol. The van der Waals surface area contributed by atoms with Gasteiger partial charge in [-0.05, 0) is 13.3 Å². The Morgan fingerprint density at radius 3 is 2.44 bits per heavy atom. The largest absolute Gasteiger partial charge is 0.480 e. The first-order valence-electron chi connectivity index (χ1n) is 5.13. The Hall–Kier alpha value is -1.59. The third kappa shape index (κ3) is 6.80. The Balaban J connectivity index is 4.03. The Morgan fingerprint density at radius 2 is 2.00 bits per heavy atom. The Bertz CT molecular complexity index is 264. The molecule has 0 aromatic heterocycles. The van der Waals surface area contributed by atoms with Gasteiger partial charge in [-0.1, -0.05) is 13.3 Å². The molecule has 2 N–H and O–H groups in total. The van der Waals surface area contributed by atoms with E-state index in [2.05, 4.69) is 5.32 Å². The summed E-state index contributed by atoms with van der Waals surface area (Å²) >= 11 is 0. The van der Waals surface area contributed by atoms with Crippen LogP contribution in [-0.4, -0.2) is 35.6 Å². The lowest BCUT2D eigenvalue weighted by Gasteiger charge is -2.12.